The summed E-state index contributed by atoms with van der Waals surface area (Å²) in [5.74, 6) is -2.87. The zero-order chi connectivity index (χ0) is 18.0. The molecule has 0 aromatic heterocycles. The van der Waals surface area contributed by atoms with Crippen molar-refractivity contribution < 1.29 is 49.3 Å². The summed E-state index contributed by atoms with van der Waals surface area (Å²) < 4.78 is 14.5. The number of aliphatic hydroxyl groups is 3. The quantitative estimate of drug-likeness (QED) is 0.404. The van der Waals surface area contributed by atoms with Gasteiger partial charge >= 0.3 is 11.9 Å². The van der Waals surface area contributed by atoms with E-state index in [-0.39, 0.29) is 17.1 Å². The monoisotopic (exact) mass is 344 g/mol. The molecule has 10 nitrogen and oxygen atoms in total. The largest absolute Gasteiger partial charge is 0.504 e. The van der Waals surface area contributed by atoms with Crippen molar-refractivity contribution in [3.8, 4) is 11.5 Å². The molecule has 1 aromatic carbocycles. The van der Waals surface area contributed by atoms with Gasteiger partial charge in [-0.1, -0.05) is 0 Å². The Kier molecular flexibility index (Phi) is 5.24. The van der Waals surface area contributed by atoms with Crippen LogP contribution in [0.2, 0.25) is 0 Å². The van der Waals surface area contributed by atoms with E-state index in [0.717, 1.165) is 6.07 Å². The average molecular weight is 344 g/mol. The molecule has 10 heteroatoms. The van der Waals surface area contributed by atoms with Gasteiger partial charge in [0.1, 0.15) is 18.3 Å². The molecular formula is C14H16O10. The molecule has 5 N–H and O–H groups in total. The fourth-order valence-corrected chi connectivity index (χ4v) is 2.14. The molecule has 132 valence electrons. The number of phenolic OH excluding ortho intramolecular Hbond substituents is 1. The number of carboxylic acids is 1. The Morgan fingerprint density at radius 1 is 1.12 bits per heavy atom. The Hall–Kier alpha value is -2.40. The maximum absolute atomic E-state index is 12.0. The van der Waals surface area contributed by atoms with E-state index in [9.17, 15) is 30.0 Å². The van der Waals surface area contributed by atoms with Crippen molar-refractivity contribution in [2.45, 2.75) is 30.7 Å². The van der Waals surface area contributed by atoms with Gasteiger partial charge in [0.25, 0.3) is 0 Å². The van der Waals surface area contributed by atoms with E-state index in [1.165, 1.54) is 19.2 Å². The fraction of sp³-hybridized carbons (Fsp3) is 0.429. The lowest BCUT2D eigenvalue weighted by atomic mass is 9.99. The predicted octanol–water partition coefficient (Wildman–Crippen LogP) is -1.55. The summed E-state index contributed by atoms with van der Waals surface area (Å²) >= 11 is 0. The molecule has 1 aliphatic rings. The van der Waals surface area contributed by atoms with Gasteiger partial charge in [0, 0.05) is 0 Å². The molecule has 5 atom stereocenters. The number of rotatable bonds is 4. The fourth-order valence-electron chi connectivity index (χ4n) is 2.14. The van der Waals surface area contributed by atoms with Gasteiger partial charge in [-0.15, -0.1) is 0 Å². The maximum atomic E-state index is 12.0. The maximum Gasteiger partial charge on any atom is 0.340 e. The Balaban J connectivity index is 2.15. The van der Waals surface area contributed by atoms with E-state index in [4.69, 9.17) is 19.3 Å². The lowest BCUT2D eigenvalue weighted by Gasteiger charge is -2.37. The predicted molar refractivity (Wildman–Crippen MR) is 74.4 cm³/mol. The minimum Gasteiger partial charge on any atom is -0.504 e. The minimum absolute atomic E-state index is 0.116. The molecule has 0 saturated carbocycles. The van der Waals surface area contributed by atoms with Crippen LogP contribution in [0.5, 0.6) is 11.5 Å². The van der Waals surface area contributed by atoms with E-state index in [1.807, 2.05) is 0 Å². The molecule has 1 saturated heterocycles. The molecule has 1 unspecified atom stereocenters. The number of hydrogen-bond donors (Lipinski definition) is 5. The first-order valence-electron chi connectivity index (χ1n) is 6.76. The highest BCUT2D eigenvalue weighted by atomic mass is 16.7. The number of carbonyl (C=O) groups excluding carboxylic acids is 1. The lowest BCUT2D eigenvalue weighted by molar-refractivity contribution is -0.278. The van der Waals surface area contributed by atoms with Gasteiger partial charge in [0.05, 0.1) is 12.7 Å². The molecule has 1 aromatic rings. The molecule has 1 heterocycles. The van der Waals surface area contributed by atoms with Gasteiger partial charge in [-0.3, -0.25) is 0 Å². The number of esters is 1. The van der Waals surface area contributed by atoms with Crippen LogP contribution in [-0.4, -0.2) is 75.3 Å². The second-order valence-electron chi connectivity index (χ2n) is 5.03. The van der Waals surface area contributed by atoms with Crippen LogP contribution in [0, 0.1) is 0 Å². The normalized spacial score (nSPS) is 29.8. The smallest absolute Gasteiger partial charge is 0.340 e. The Labute approximate surface area is 135 Å². The molecule has 2 rings (SSSR count). The van der Waals surface area contributed by atoms with Crippen LogP contribution in [0.1, 0.15) is 10.4 Å². The second-order valence-corrected chi connectivity index (χ2v) is 5.03. The van der Waals surface area contributed by atoms with Crippen LogP contribution in [0.4, 0.5) is 0 Å². The number of phenols is 1. The number of hydrogen-bond acceptors (Lipinski definition) is 9. The summed E-state index contributed by atoms with van der Waals surface area (Å²) in [6.45, 7) is 0. The van der Waals surface area contributed by atoms with Crippen LogP contribution in [0.3, 0.4) is 0 Å². The van der Waals surface area contributed by atoms with Crippen molar-refractivity contribution in [1.29, 1.82) is 0 Å². The van der Waals surface area contributed by atoms with Crippen molar-refractivity contribution in [3.05, 3.63) is 23.8 Å². The van der Waals surface area contributed by atoms with Gasteiger partial charge < -0.3 is 39.7 Å². The molecule has 0 radical (unpaired) electrons. The summed E-state index contributed by atoms with van der Waals surface area (Å²) in [7, 11) is 1.32. The third-order valence-electron chi connectivity index (χ3n) is 3.45. The SMILES string of the molecule is COc1ccc(C(=O)OC2O[C@H](C(=O)O)[C@@H](O)[C@H](O)[C@H]2O)cc1O. The van der Waals surface area contributed by atoms with Gasteiger partial charge in [-0.2, -0.15) is 0 Å². The number of ether oxygens (including phenoxy) is 3. The van der Waals surface area contributed by atoms with E-state index in [1.54, 1.807) is 0 Å². The summed E-state index contributed by atoms with van der Waals surface area (Å²) in [4.78, 5) is 23.0. The average Bonchev–Trinajstić information content (AvgIpc) is 2.54. The molecule has 24 heavy (non-hydrogen) atoms. The van der Waals surface area contributed by atoms with Crippen LogP contribution in [-0.2, 0) is 14.3 Å². The topological polar surface area (TPSA) is 163 Å². The summed E-state index contributed by atoms with van der Waals surface area (Å²) in [5, 5.41) is 47.5. The van der Waals surface area contributed by atoms with Gasteiger partial charge in [0.2, 0.25) is 6.29 Å². The Bertz CT molecular complexity index is 630. The van der Waals surface area contributed by atoms with Crippen molar-refractivity contribution in [1.82, 2.24) is 0 Å². The highest BCUT2D eigenvalue weighted by molar-refractivity contribution is 5.90. The summed E-state index contributed by atoms with van der Waals surface area (Å²) in [6, 6.07) is 3.59. The third kappa shape index (κ3) is 3.41. The highest BCUT2D eigenvalue weighted by Crippen LogP contribution is 2.28. The molecule has 1 fully saturated rings. The van der Waals surface area contributed by atoms with Crippen molar-refractivity contribution in [2.24, 2.45) is 0 Å². The number of aliphatic carboxylic acids is 1. The van der Waals surface area contributed by atoms with Crippen LogP contribution < -0.4 is 4.74 Å². The molecular weight excluding hydrogens is 328 g/mol. The van der Waals surface area contributed by atoms with Crippen LogP contribution in [0.15, 0.2) is 18.2 Å². The third-order valence-corrected chi connectivity index (χ3v) is 3.45. The second kappa shape index (κ2) is 7.01. The standard InChI is InChI=1S/C14H16O10/c1-22-7-3-2-5(4-6(7)15)13(21)24-14-10(18)8(16)9(17)11(23-14)12(19)20/h2-4,8-11,14-18H,1H3,(H,19,20)/t8-,9-,10+,11-,14?/m0/s1. The van der Waals surface area contributed by atoms with E-state index in [2.05, 4.69) is 0 Å². The van der Waals surface area contributed by atoms with Gasteiger partial charge in [-0.05, 0) is 18.2 Å². The van der Waals surface area contributed by atoms with Crippen molar-refractivity contribution in [3.63, 3.8) is 0 Å². The molecule has 0 aliphatic carbocycles. The molecule has 1 aliphatic heterocycles. The van der Waals surface area contributed by atoms with Crippen molar-refractivity contribution in [2.75, 3.05) is 7.11 Å². The first-order chi connectivity index (χ1) is 11.3. The molecule has 0 spiro atoms. The van der Waals surface area contributed by atoms with Crippen LogP contribution in [0.25, 0.3) is 0 Å². The summed E-state index contributed by atoms with van der Waals surface area (Å²) in [5.41, 5.74) is -0.128. The van der Waals surface area contributed by atoms with E-state index < -0.39 is 42.6 Å². The minimum atomic E-state index is -1.89. The molecule has 0 amide bonds. The molecule has 0 bridgehead atoms. The summed E-state index contributed by atoms with van der Waals surface area (Å²) in [6.07, 6.45) is -9.34. The zero-order valence-electron chi connectivity index (χ0n) is 12.4. The van der Waals surface area contributed by atoms with E-state index >= 15 is 0 Å². The Morgan fingerprint density at radius 2 is 1.79 bits per heavy atom. The number of aliphatic hydroxyl groups excluding tert-OH is 3. The first-order valence-corrected chi connectivity index (χ1v) is 6.76. The lowest BCUT2D eigenvalue weighted by Crippen LogP contribution is -2.60. The number of aromatic hydroxyl groups is 1. The number of methoxy groups -OCH3 is 1. The van der Waals surface area contributed by atoms with Crippen molar-refractivity contribution >= 4 is 11.9 Å². The zero-order valence-corrected chi connectivity index (χ0v) is 12.4. The highest BCUT2D eigenvalue weighted by Gasteiger charge is 2.48. The first kappa shape index (κ1) is 17.9. The van der Waals surface area contributed by atoms with Crippen LogP contribution >= 0.6 is 0 Å². The van der Waals surface area contributed by atoms with Gasteiger partial charge in [0.15, 0.2) is 17.6 Å². The number of benzene rings is 1. The number of carboxylic acid groups (broad SMARTS) is 1. The number of carbonyl (C=O) groups is 2. The van der Waals surface area contributed by atoms with E-state index in [0.29, 0.717) is 0 Å². The Morgan fingerprint density at radius 3 is 2.33 bits per heavy atom. The van der Waals surface area contributed by atoms with Gasteiger partial charge in [-0.25, -0.2) is 9.59 Å².